The van der Waals surface area contributed by atoms with Gasteiger partial charge in [0.2, 0.25) is 0 Å². The Labute approximate surface area is 222 Å². The Morgan fingerprint density at radius 2 is 0.879 bits per heavy atom. The Hall–Kier alpha value is -2.24. The summed E-state index contributed by atoms with van der Waals surface area (Å²) in [7, 11) is 0. The van der Waals surface area contributed by atoms with Crippen LogP contribution in [0.1, 0.15) is 60.1 Å². The van der Waals surface area contributed by atoms with E-state index in [1.807, 2.05) is 60.7 Å². The minimum absolute atomic E-state index is 0. The molecule has 0 saturated heterocycles. The van der Waals surface area contributed by atoms with E-state index in [1.54, 1.807) is 0 Å². The Bertz CT molecular complexity index is 849. The predicted molar refractivity (Wildman–Crippen MR) is 143 cm³/mol. The average Bonchev–Trinajstić information content (AvgIpc) is 3.39. The number of benzene rings is 2. The summed E-state index contributed by atoms with van der Waals surface area (Å²) in [4.78, 5) is 0. The first-order valence-corrected chi connectivity index (χ1v) is 11.6. The van der Waals surface area contributed by atoms with Crippen molar-refractivity contribution in [3.8, 4) is 0 Å². The molecule has 0 aliphatic heterocycles. The molecular weight excluding hydrogens is 476 g/mol. The molecular formula is C32H40Zr. The van der Waals surface area contributed by atoms with Gasteiger partial charge in [0, 0.05) is 0 Å². The summed E-state index contributed by atoms with van der Waals surface area (Å²) in [5.74, 6) is 0. The van der Waals surface area contributed by atoms with Crippen LogP contribution in [0, 0.1) is 27.7 Å². The molecule has 0 radical (unpaired) electrons. The van der Waals surface area contributed by atoms with Crippen LogP contribution < -0.4 is 0 Å². The molecule has 0 atom stereocenters. The van der Waals surface area contributed by atoms with E-state index in [9.17, 15) is 0 Å². The molecule has 0 heterocycles. The van der Waals surface area contributed by atoms with Gasteiger partial charge < -0.3 is 0 Å². The van der Waals surface area contributed by atoms with Gasteiger partial charge in [-0.2, -0.15) is 83.6 Å². The van der Waals surface area contributed by atoms with Crippen LogP contribution in [0.15, 0.2) is 97.1 Å². The van der Waals surface area contributed by atoms with E-state index in [1.165, 1.54) is 47.9 Å². The maximum Gasteiger partial charge on any atom is 4.00 e. The predicted octanol–water partition coefficient (Wildman–Crippen LogP) is 9.07. The van der Waals surface area contributed by atoms with Crippen molar-refractivity contribution in [3.05, 3.63) is 144 Å². The monoisotopic (exact) mass is 514 g/mol. The van der Waals surface area contributed by atoms with Crippen molar-refractivity contribution in [3.63, 3.8) is 0 Å². The van der Waals surface area contributed by atoms with E-state index in [-0.39, 0.29) is 26.2 Å². The van der Waals surface area contributed by atoms with Crippen LogP contribution >= 0.6 is 0 Å². The second-order valence-electron chi connectivity index (χ2n) is 7.94. The first-order valence-electron chi connectivity index (χ1n) is 11.6. The Morgan fingerprint density at radius 1 is 0.545 bits per heavy atom. The van der Waals surface area contributed by atoms with Crippen molar-refractivity contribution in [2.75, 3.05) is 0 Å². The molecule has 172 valence electrons. The van der Waals surface area contributed by atoms with Gasteiger partial charge >= 0.3 is 26.2 Å². The first kappa shape index (κ1) is 30.8. The largest absolute Gasteiger partial charge is 4.00 e. The zero-order valence-corrected chi connectivity index (χ0v) is 23.4. The smallest absolute Gasteiger partial charge is 0.213 e. The standard InChI is InChI=1S/2C9H13.2C7H7.Zr/c2*1-3-5-9-7-4-6-8(9)2;2*1-7-5-3-2-4-6-7;/h2*4,6-7H,3,5H2,1-2H3;2*2-6H,1H2;/q4*-1;+4. The summed E-state index contributed by atoms with van der Waals surface area (Å²) in [5.41, 5.74) is 8.05. The van der Waals surface area contributed by atoms with E-state index < -0.39 is 0 Å². The number of hydrogen-bond acceptors (Lipinski definition) is 0. The van der Waals surface area contributed by atoms with Gasteiger partial charge in [0.05, 0.1) is 0 Å². The average molecular weight is 516 g/mol. The molecule has 0 aliphatic rings. The molecule has 0 fully saturated rings. The quantitative estimate of drug-likeness (QED) is 0.238. The van der Waals surface area contributed by atoms with Crippen LogP contribution in [0.2, 0.25) is 0 Å². The van der Waals surface area contributed by atoms with Crippen molar-refractivity contribution in [1.29, 1.82) is 0 Å². The van der Waals surface area contributed by atoms with Crippen molar-refractivity contribution in [1.82, 2.24) is 0 Å². The molecule has 1 heteroatoms. The summed E-state index contributed by atoms with van der Waals surface area (Å²) >= 11 is 0. The third-order valence-electron chi connectivity index (χ3n) is 5.02. The van der Waals surface area contributed by atoms with Gasteiger partial charge in [-0.25, -0.2) is 24.3 Å². The summed E-state index contributed by atoms with van der Waals surface area (Å²) in [6.07, 6.45) is 4.98. The molecule has 0 aliphatic carbocycles. The molecule has 0 bridgehead atoms. The van der Waals surface area contributed by atoms with Crippen LogP contribution in [0.25, 0.3) is 0 Å². The van der Waals surface area contributed by atoms with Crippen molar-refractivity contribution < 1.29 is 26.2 Å². The Balaban J connectivity index is 0.000000412. The van der Waals surface area contributed by atoms with Gasteiger partial charge in [-0.15, -0.1) is 24.3 Å². The van der Waals surface area contributed by atoms with E-state index in [0.717, 1.165) is 11.1 Å². The molecule has 0 N–H and O–H groups in total. The van der Waals surface area contributed by atoms with Crippen LogP contribution in [0.5, 0.6) is 0 Å². The van der Waals surface area contributed by atoms with Gasteiger partial charge in [-0.1, -0.05) is 65.5 Å². The molecule has 0 unspecified atom stereocenters. The summed E-state index contributed by atoms with van der Waals surface area (Å²) in [6, 6.07) is 32.8. The minimum Gasteiger partial charge on any atom is -0.213 e. The SMILES string of the molecule is CCC[c-]1cccc1C.CCC[c-]1cccc1C.[CH2-]c1ccccc1.[CH2-]c1ccccc1.[Zr+4]. The van der Waals surface area contributed by atoms with E-state index in [2.05, 4.69) is 77.9 Å². The van der Waals surface area contributed by atoms with Crippen LogP contribution in [-0.4, -0.2) is 0 Å². The molecule has 4 aromatic rings. The van der Waals surface area contributed by atoms with E-state index >= 15 is 0 Å². The Morgan fingerprint density at radius 3 is 1.06 bits per heavy atom. The van der Waals surface area contributed by atoms with E-state index in [0.29, 0.717) is 0 Å². The Kier molecular flexibility index (Phi) is 17.9. The van der Waals surface area contributed by atoms with Crippen LogP contribution in [-0.2, 0) is 39.0 Å². The molecule has 4 rings (SSSR count). The third kappa shape index (κ3) is 14.5. The van der Waals surface area contributed by atoms with E-state index in [4.69, 9.17) is 0 Å². The third-order valence-corrected chi connectivity index (χ3v) is 5.02. The van der Waals surface area contributed by atoms with Crippen LogP contribution in [0.3, 0.4) is 0 Å². The molecule has 4 aromatic carbocycles. The molecule has 33 heavy (non-hydrogen) atoms. The van der Waals surface area contributed by atoms with Crippen molar-refractivity contribution in [2.45, 2.75) is 53.4 Å². The minimum atomic E-state index is 0. The van der Waals surface area contributed by atoms with Gasteiger partial charge in [0.25, 0.3) is 0 Å². The van der Waals surface area contributed by atoms with Crippen LogP contribution in [0.4, 0.5) is 0 Å². The molecule has 0 amide bonds. The maximum absolute atomic E-state index is 3.72. The second-order valence-corrected chi connectivity index (χ2v) is 7.94. The van der Waals surface area contributed by atoms with Gasteiger partial charge in [-0.3, -0.25) is 0 Å². The summed E-state index contributed by atoms with van der Waals surface area (Å²) in [5, 5.41) is 0. The summed E-state index contributed by atoms with van der Waals surface area (Å²) < 4.78 is 0. The molecule has 0 spiro atoms. The van der Waals surface area contributed by atoms with Gasteiger partial charge in [0.15, 0.2) is 0 Å². The van der Waals surface area contributed by atoms with Crippen molar-refractivity contribution in [2.24, 2.45) is 0 Å². The van der Waals surface area contributed by atoms with Gasteiger partial charge in [-0.05, 0) is 0 Å². The van der Waals surface area contributed by atoms with Gasteiger partial charge in [0.1, 0.15) is 0 Å². The zero-order valence-electron chi connectivity index (χ0n) is 21.0. The first-order chi connectivity index (χ1) is 15.5. The number of aryl methyl sites for hydroxylation is 4. The van der Waals surface area contributed by atoms with Crippen molar-refractivity contribution >= 4 is 0 Å². The fraction of sp³-hybridized carbons (Fsp3) is 0.250. The maximum atomic E-state index is 3.72. The topological polar surface area (TPSA) is 0 Å². The summed E-state index contributed by atoms with van der Waals surface area (Å²) in [6.45, 7) is 16.2. The zero-order chi connectivity index (χ0) is 23.6. The fourth-order valence-corrected chi connectivity index (χ4v) is 3.15. The normalized spacial score (nSPS) is 9.09. The second kappa shape index (κ2) is 19.3. The number of rotatable bonds is 4. The molecule has 0 saturated carbocycles. The fourth-order valence-electron chi connectivity index (χ4n) is 3.15. The molecule has 0 nitrogen and oxygen atoms in total. The molecule has 0 aromatic heterocycles. The number of hydrogen-bond donors (Lipinski definition) is 0.